The molecule has 3 N–H and O–H groups in total. The average molecular weight is 252 g/mol. The van der Waals surface area contributed by atoms with Gasteiger partial charge in [0.15, 0.2) is 0 Å². The monoisotopic (exact) mass is 252 g/mol. The van der Waals surface area contributed by atoms with Crippen molar-refractivity contribution in [1.82, 2.24) is 5.43 Å². The van der Waals surface area contributed by atoms with Gasteiger partial charge in [-0.05, 0) is 49.1 Å². The molecule has 4 heteroatoms. The van der Waals surface area contributed by atoms with Gasteiger partial charge in [-0.25, -0.2) is 8.78 Å². The van der Waals surface area contributed by atoms with Gasteiger partial charge in [-0.3, -0.25) is 11.3 Å². The molecule has 0 saturated heterocycles. The van der Waals surface area contributed by atoms with E-state index >= 15 is 0 Å². The van der Waals surface area contributed by atoms with E-state index in [1.807, 2.05) is 0 Å². The van der Waals surface area contributed by atoms with Crippen molar-refractivity contribution in [2.45, 2.75) is 32.2 Å². The van der Waals surface area contributed by atoms with Crippen LogP contribution in [0.15, 0.2) is 12.1 Å². The van der Waals surface area contributed by atoms with Crippen LogP contribution in [0.4, 0.5) is 8.78 Å². The molecule has 2 aliphatic carbocycles. The number of halogens is 2. The van der Waals surface area contributed by atoms with Crippen molar-refractivity contribution in [2.24, 2.45) is 23.6 Å². The molecule has 0 spiro atoms. The molecule has 0 aromatic heterocycles. The van der Waals surface area contributed by atoms with E-state index in [0.29, 0.717) is 23.3 Å². The molecule has 0 aliphatic heterocycles. The second-order valence-electron chi connectivity index (χ2n) is 5.57. The summed E-state index contributed by atoms with van der Waals surface area (Å²) in [6.45, 7) is 1.65. The highest BCUT2D eigenvalue weighted by atomic mass is 19.1. The van der Waals surface area contributed by atoms with E-state index < -0.39 is 11.6 Å². The lowest BCUT2D eigenvalue weighted by molar-refractivity contribution is 0.392. The first-order valence-corrected chi connectivity index (χ1v) is 6.55. The number of nitrogens with one attached hydrogen (secondary N) is 1. The number of nitrogens with two attached hydrogens (primary N) is 1. The Hall–Kier alpha value is -1.00. The lowest BCUT2D eigenvalue weighted by Crippen LogP contribution is -2.32. The van der Waals surface area contributed by atoms with E-state index in [4.69, 9.17) is 5.84 Å². The summed E-state index contributed by atoms with van der Waals surface area (Å²) < 4.78 is 28.0. The molecule has 2 fully saturated rings. The van der Waals surface area contributed by atoms with Crippen LogP contribution in [0.5, 0.6) is 0 Å². The zero-order chi connectivity index (χ0) is 12.9. The highest BCUT2D eigenvalue weighted by molar-refractivity contribution is 5.31. The first kappa shape index (κ1) is 12.1. The van der Waals surface area contributed by atoms with Crippen LogP contribution in [0, 0.1) is 36.3 Å². The van der Waals surface area contributed by atoms with Crippen LogP contribution in [0.2, 0.25) is 0 Å². The van der Waals surface area contributed by atoms with E-state index in [2.05, 4.69) is 5.43 Å². The number of hydrogen-bond acceptors (Lipinski definition) is 2. The Morgan fingerprint density at radius 2 is 1.94 bits per heavy atom. The molecule has 0 amide bonds. The van der Waals surface area contributed by atoms with Gasteiger partial charge in [0.25, 0.3) is 0 Å². The maximum Gasteiger partial charge on any atom is 0.133 e. The molecule has 2 saturated carbocycles. The van der Waals surface area contributed by atoms with Crippen molar-refractivity contribution in [3.63, 3.8) is 0 Å². The summed E-state index contributed by atoms with van der Waals surface area (Å²) in [6.07, 6.45) is 3.58. The Labute approximate surface area is 106 Å². The molecular formula is C14H18F2N2. The Morgan fingerprint density at radius 3 is 2.56 bits per heavy atom. The Balaban J connectivity index is 1.95. The van der Waals surface area contributed by atoms with Gasteiger partial charge in [0.1, 0.15) is 11.6 Å². The quantitative estimate of drug-likeness (QED) is 0.641. The standard InChI is InChI=1S/C14H18F2N2/c1-7-5-6-10(15)12(13(7)16)14(18-17)11-8-3-2-4-9(8)11/h5-6,8-9,11,14,18H,2-4,17H2,1H3. The Kier molecular flexibility index (Phi) is 2.87. The van der Waals surface area contributed by atoms with Crippen LogP contribution in [0.3, 0.4) is 0 Å². The summed E-state index contributed by atoms with van der Waals surface area (Å²) in [6, 6.07) is 2.41. The molecule has 3 unspecified atom stereocenters. The Bertz CT molecular complexity index is 465. The molecule has 3 rings (SSSR count). The van der Waals surface area contributed by atoms with Crippen LogP contribution in [0.1, 0.15) is 36.4 Å². The van der Waals surface area contributed by atoms with Crippen molar-refractivity contribution < 1.29 is 8.78 Å². The van der Waals surface area contributed by atoms with Gasteiger partial charge >= 0.3 is 0 Å². The van der Waals surface area contributed by atoms with Gasteiger partial charge in [-0.2, -0.15) is 0 Å². The van der Waals surface area contributed by atoms with E-state index in [0.717, 1.165) is 0 Å². The summed E-state index contributed by atoms with van der Waals surface area (Å²) in [7, 11) is 0. The van der Waals surface area contributed by atoms with Gasteiger partial charge < -0.3 is 0 Å². The van der Waals surface area contributed by atoms with Gasteiger partial charge in [0.05, 0.1) is 6.04 Å². The topological polar surface area (TPSA) is 38.0 Å². The number of aryl methyl sites for hydroxylation is 1. The predicted molar refractivity (Wildman–Crippen MR) is 65.5 cm³/mol. The van der Waals surface area contributed by atoms with Crippen molar-refractivity contribution >= 4 is 0 Å². The molecular weight excluding hydrogens is 234 g/mol. The molecule has 0 radical (unpaired) electrons. The third-order valence-electron chi connectivity index (χ3n) is 4.67. The minimum atomic E-state index is -0.494. The Morgan fingerprint density at radius 1 is 1.28 bits per heavy atom. The molecule has 2 nitrogen and oxygen atoms in total. The minimum Gasteiger partial charge on any atom is -0.271 e. The lowest BCUT2D eigenvalue weighted by Gasteiger charge is -2.20. The maximum atomic E-state index is 14.1. The first-order valence-electron chi connectivity index (χ1n) is 6.55. The second-order valence-corrected chi connectivity index (χ2v) is 5.57. The van der Waals surface area contributed by atoms with Crippen molar-refractivity contribution in [1.29, 1.82) is 0 Å². The molecule has 18 heavy (non-hydrogen) atoms. The van der Waals surface area contributed by atoms with Crippen LogP contribution in [-0.2, 0) is 0 Å². The summed E-state index contributed by atoms with van der Waals surface area (Å²) in [4.78, 5) is 0. The fourth-order valence-corrected chi connectivity index (χ4v) is 3.72. The minimum absolute atomic E-state index is 0.122. The fraction of sp³-hybridized carbons (Fsp3) is 0.571. The third kappa shape index (κ3) is 1.67. The SMILES string of the molecule is Cc1ccc(F)c(C(NN)C2C3CCCC32)c1F. The number of benzene rings is 1. The molecule has 3 atom stereocenters. The van der Waals surface area contributed by atoms with E-state index in [-0.39, 0.29) is 11.6 Å². The van der Waals surface area contributed by atoms with E-state index in [1.54, 1.807) is 6.92 Å². The summed E-state index contributed by atoms with van der Waals surface area (Å²) >= 11 is 0. The molecule has 1 aromatic rings. The fourth-order valence-electron chi connectivity index (χ4n) is 3.72. The largest absolute Gasteiger partial charge is 0.271 e. The number of fused-ring (bicyclic) bond motifs is 1. The van der Waals surface area contributed by atoms with Gasteiger partial charge in [0, 0.05) is 5.56 Å². The lowest BCUT2D eigenvalue weighted by atomic mass is 9.95. The molecule has 0 heterocycles. The maximum absolute atomic E-state index is 14.1. The van der Waals surface area contributed by atoms with Crippen LogP contribution >= 0.6 is 0 Å². The molecule has 0 bridgehead atoms. The highest BCUT2D eigenvalue weighted by Gasteiger charge is 2.56. The highest BCUT2D eigenvalue weighted by Crippen LogP contribution is 2.62. The smallest absolute Gasteiger partial charge is 0.133 e. The summed E-state index contributed by atoms with van der Waals surface area (Å²) in [5.74, 6) is 6.11. The van der Waals surface area contributed by atoms with Gasteiger partial charge in [-0.15, -0.1) is 0 Å². The molecule has 98 valence electrons. The van der Waals surface area contributed by atoms with Crippen molar-refractivity contribution in [3.05, 3.63) is 34.9 Å². The van der Waals surface area contributed by atoms with Crippen LogP contribution < -0.4 is 11.3 Å². The van der Waals surface area contributed by atoms with E-state index in [9.17, 15) is 8.78 Å². The summed E-state index contributed by atoms with van der Waals surface area (Å²) in [5.41, 5.74) is 3.23. The number of hydrazine groups is 1. The predicted octanol–water partition coefficient (Wildman–Crippen LogP) is 2.82. The molecule has 1 aromatic carbocycles. The number of hydrogen-bond donors (Lipinski definition) is 2. The number of rotatable bonds is 3. The zero-order valence-electron chi connectivity index (χ0n) is 10.4. The zero-order valence-corrected chi connectivity index (χ0v) is 10.4. The third-order valence-corrected chi connectivity index (χ3v) is 4.67. The van der Waals surface area contributed by atoms with Gasteiger partial charge in [-0.1, -0.05) is 12.5 Å². The van der Waals surface area contributed by atoms with Crippen molar-refractivity contribution in [2.75, 3.05) is 0 Å². The summed E-state index contributed by atoms with van der Waals surface area (Å²) in [5, 5.41) is 0. The second kappa shape index (κ2) is 4.28. The van der Waals surface area contributed by atoms with Crippen LogP contribution in [-0.4, -0.2) is 0 Å². The van der Waals surface area contributed by atoms with Gasteiger partial charge in [0.2, 0.25) is 0 Å². The normalized spacial score (nSPS) is 31.2. The molecule has 2 aliphatic rings. The van der Waals surface area contributed by atoms with Crippen LogP contribution in [0.25, 0.3) is 0 Å². The van der Waals surface area contributed by atoms with Crippen molar-refractivity contribution in [3.8, 4) is 0 Å². The first-order chi connectivity index (χ1) is 8.65. The van der Waals surface area contributed by atoms with E-state index in [1.165, 1.54) is 31.4 Å². The average Bonchev–Trinajstić information content (AvgIpc) is 2.83.